The number of carbonyl (C=O) groups is 2. The number of anilines is 2. The second kappa shape index (κ2) is 10.6. The lowest BCUT2D eigenvalue weighted by molar-refractivity contribution is -0.116. The first-order chi connectivity index (χ1) is 12.6. The van der Waals surface area contributed by atoms with Gasteiger partial charge in [-0.25, -0.2) is 0 Å². The van der Waals surface area contributed by atoms with Crippen LogP contribution in [0, 0.1) is 0 Å². The molecule has 6 heteroatoms. The van der Waals surface area contributed by atoms with E-state index in [-0.39, 0.29) is 18.4 Å². The standard InChI is InChI=1S/C20H24ClN3O2/c1-2-6-19(25)23-16-9-10-17(21)18(13-16)24-20(26)14-22-12-11-15-7-4-3-5-8-15/h3-5,7-10,13,22H,2,6,11-12,14H2,1H3,(H,23,25)(H,24,26). The SMILES string of the molecule is CCCC(=O)Nc1ccc(Cl)c(NC(=O)CNCCc2ccccc2)c1. The van der Waals surface area contributed by atoms with Crippen molar-refractivity contribution in [2.75, 3.05) is 23.7 Å². The van der Waals surface area contributed by atoms with Gasteiger partial charge < -0.3 is 16.0 Å². The Morgan fingerprint density at radius 3 is 2.50 bits per heavy atom. The second-order valence-corrected chi connectivity index (χ2v) is 6.36. The molecular weight excluding hydrogens is 350 g/mol. The minimum atomic E-state index is -0.183. The van der Waals surface area contributed by atoms with E-state index in [0.717, 1.165) is 12.8 Å². The molecule has 5 nitrogen and oxygen atoms in total. The van der Waals surface area contributed by atoms with Crippen LogP contribution in [0.15, 0.2) is 48.5 Å². The van der Waals surface area contributed by atoms with Crippen LogP contribution in [0.25, 0.3) is 0 Å². The molecule has 0 unspecified atom stereocenters. The summed E-state index contributed by atoms with van der Waals surface area (Å²) >= 11 is 6.13. The number of amides is 2. The van der Waals surface area contributed by atoms with E-state index >= 15 is 0 Å². The van der Waals surface area contributed by atoms with Gasteiger partial charge in [-0.15, -0.1) is 0 Å². The Hall–Kier alpha value is -2.37. The molecule has 0 aliphatic rings. The highest BCUT2D eigenvalue weighted by Gasteiger charge is 2.08. The molecule has 0 aliphatic carbocycles. The summed E-state index contributed by atoms with van der Waals surface area (Å²) in [6.07, 6.45) is 2.08. The molecule has 2 aromatic carbocycles. The normalized spacial score (nSPS) is 10.4. The van der Waals surface area contributed by atoms with Crippen LogP contribution in [-0.4, -0.2) is 24.9 Å². The fourth-order valence-electron chi connectivity index (χ4n) is 2.42. The third kappa shape index (κ3) is 6.86. The average molecular weight is 374 g/mol. The van der Waals surface area contributed by atoms with E-state index in [4.69, 9.17) is 11.6 Å². The van der Waals surface area contributed by atoms with Gasteiger partial charge in [-0.2, -0.15) is 0 Å². The molecule has 0 fully saturated rings. The van der Waals surface area contributed by atoms with Gasteiger partial charge in [0.05, 0.1) is 17.3 Å². The molecule has 0 saturated carbocycles. The van der Waals surface area contributed by atoms with Crippen molar-refractivity contribution in [1.82, 2.24) is 5.32 Å². The monoisotopic (exact) mass is 373 g/mol. The Bertz CT molecular complexity index is 735. The number of hydrogen-bond acceptors (Lipinski definition) is 3. The summed E-state index contributed by atoms with van der Waals surface area (Å²) in [5, 5.41) is 9.10. The van der Waals surface area contributed by atoms with Gasteiger partial charge in [-0.1, -0.05) is 48.9 Å². The molecule has 2 aromatic rings. The highest BCUT2D eigenvalue weighted by atomic mass is 35.5. The summed E-state index contributed by atoms with van der Waals surface area (Å²) in [6.45, 7) is 2.84. The van der Waals surface area contributed by atoms with Gasteiger partial charge in [-0.3, -0.25) is 9.59 Å². The van der Waals surface area contributed by atoms with Crippen LogP contribution in [0.1, 0.15) is 25.3 Å². The van der Waals surface area contributed by atoms with Crippen LogP contribution >= 0.6 is 11.6 Å². The van der Waals surface area contributed by atoms with E-state index in [2.05, 4.69) is 28.1 Å². The number of nitrogens with one attached hydrogen (secondary N) is 3. The predicted molar refractivity (Wildman–Crippen MR) is 107 cm³/mol. The summed E-state index contributed by atoms with van der Waals surface area (Å²) in [7, 11) is 0. The summed E-state index contributed by atoms with van der Waals surface area (Å²) in [6, 6.07) is 15.1. The van der Waals surface area contributed by atoms with Gasteiger partial charge in [0.1, 0.15) is 0 Å². The van der Waals surface area contributed by atoms with E-state index in [9.17, 15) is 9.59 Å². The zero-order chi connectivity index (χ0) is 18.8. The highest BCUT2D eigenvalue weighted by molar-refractivity contribution is 6.33. The lowest BCUT2D eigenvalue weighted by Crippen LogP contribution is -2.29. The smallest absolute Gasteiger partial charge is 0.238 e. The molecular formula is C20H24ClN3O2. The molecule has 0 bridgehead atoms. The zero-order valence-electron chi connectivity index (χ0n) is 14.8. The summed E-state index contributed by atoms with van der Waals surface area (Å²) in [5.74, 6) is -0.244. The van der Waals surface area contributed by atoms with Crippen molar-refractivity contribution in [3.8, 4) is 0 Å². The molecule has 0 spiro atoms. The van der Waals surface area contributed by atoms with E-state index in [1.54, 1.807) is 18.2 Å². The average Bonchev–Trinajstić information content (AvgIpc) is 2.63. The quantitative estimate of drug-likeness (QED) is 0.585. The highest BCUT2D eigenvalue weighted by Crippen LogP contribution is 2.25. The number of carbonyl (C=O) groups excluding carboxylic acids is 2. The Morgan fingerprint density at radius 1 is 1.00 bits per heavy atom. The maximum absolute atomic E-state index is 12.1. The molecule has 0 aromatic heterocycles. The van der Waals surface area contributed by atoms with Crippen molar-refractivity contribution < 1.29 is 9.59 Å². The van der Waals surface area contributed by atoms with E-state index < -0.39 is 0 Å². The van der Waals surface area contributed by atoms with Gasteiger partial charge in [0, 0.05) is 12.1 Å². The molecule has 2 rings (SSSR count). The van der Waals surface area contributed by atoms with Crippen molar-refractivity contribution in [3.63, 3.8) is 0 Å². The molecule has 26 heavy (non-hydrogen) atoms. The largest absolute Gasteiger partial charge is 0.326 e. The van der Waals surface area contributed by atoms with Crippen LogP contribution in [0.4, 0.5) is 11.4 Å². The Balaban J connectivity index is 1.81. The molecule has 138 valence electrons. The van der Waals surface area contributed by atoms with Crippen molar-refractivity contribution in [2.45, 2.75) is 26.2 Å². The van der Waals surface area contributed by atoms with Crippen molar-refractivity contribution in [2.24, 2.45) is 0 Å². The first-order valence-electron chi connectivity index (χ1n) is 8.72. The molecule has 0 aliphatic heterocycles. The number of hydrogen-bond donors (Lipinski definition) is 3. The van der Waals surface area contributed by atoms with Gasteiger partial charge >= 0.3 is 0 Å². The van der Waals surface area contributed by atoms with Crippen molar-refractivity contribution >= 4 is 34.8 Å². The molecule has 0 heterocycles. The Morgan fingerprint density at radius 2 is 1.77 bits per heavy atom. The van der Waals surface area contributed by atoms with Gasteiger partial charge in [0.25, 0.3) is 0 Å². The second-order valence-electron chi connectivity index (χ2n) is 5.95. The summed E-state index contributed by atoms with van der Waals surface area (Å²) < 4.78 is 0. The van der Waals surface area contributed by atoms with Crippen molar-refractivity contribution in [1.29, 1.82) is 0 Å². The molecule has 0 radical (unpaired) electrons. The van der Waals surface area contributed by atoms with E-state index in [1.165, 1.54) is 5.56 Å². The Kier molecular flexibility index (Phi) is 8.12. The van der Waals surface area contributed by atoms with Crippen molar-refractivity contribution in [3.05, 3.63) is 59.1 Å². The predicted octanol–water partition coefficient (Wildman–Crippen LogP) is 3.85. The van der Waals surface area contributed by atoms with Crippen LogP contribution in [0.3, 0.4) is 0 Å². The van der Waals surface area contributed by atoms with E-state index in [0.29, 0.717) is 29.4 Å². The Labute approximate surface area is 159 Å². The molecule has 0 saturated heterocycles. The van der Waals surface area contributed by atoms with Crippen LogP contribution in [0.5, 0.6) is 0 Å². The summed E-state index contributed by atoms with van der Waals surface area (Å²) in [4.78, 5) is 23.8. The van der Waals surface area contributed by atoms with Gasteiger partial charge in [0.2, 0.25) is 11.8 Å². The zero-order valence-corrected chi connectivity index (χ0v) is 15.6. The first kappa shape index (κ1) is 19.9. The maximum Gasteiger partial charge on any atom is 0.238 e. The lowest BCUT2D eigenvalue weighted by Gasteiger charge is -2.11. The summed E-state index contributed by atoms with van der Waals surface area (Å²) in [5.41, 5.74) is 2.31. The van der Waals surface area contributed by atoms with Gasteiger partial charge in [-0.05, 0) is 43.1 Å². The number of halogens is 1. The first-order valence-corrected chi connectivity index (χ1v) is 9.10. The number of benzene rings is 2. The number of rotatable bonds is 9. The van der Waals surface area contributed by atoms with E-state index in [1.807, 2.05) is 25.1 Å². The molecule has 0 atom stereocenters. The van der Waals surface area contributed by atoms with Crippen LogP contribution in [0.2, 0.25) is 5.02 Å². The third-order valence-corrected chi connectivity index (χ3v) is 4.05. The lowest BCUT2D eigenvalue weighted by atomic mass is 10.1. The van der Waals surface area contributed by atoms with Crippen LogP contribution < -0.4 is 16.0 Å². The van der Waals surface area contributed by atoms with Crippen LogP contribution in [-0.2, 0) is 16.0 Å². The minimum Gasteiger partial charge on any atom is -0.326 e. The fourth-order valence-corrected chi connectivity index (χ4v) is 2.59. The maximum atomic E-state index is 12.1. The third-order valence-electron chi connectivity index (χ3n) is 3.72. The molecule has 2 amide bonds. The topological polar surface area (TPSA) is 70.2 Å². The fraction of sp³-hybridized carbons (Fsp3) is 0.300. The molecule has 3 N–H and O–H groups in total. The van der Waals surface area contributed by atoms with Gasteiger partial charge in [0.15, 0.2) is 0 Å². The minimum absolute atomic E-state index is 0.0605.